The largest absolute Gasteiger partial charge is 0.347 e. The minimum absolute atomic E-state index is 0.197. The molecule has 1 aromatic heterocycles. The molecule has 1 aromatic rings. The number of aromatic nitrogens is 1. The topological polar surface area (TPSA) is 37.3 Å². The molecule has 1 saturated carbocycles. The Labute approximate surface area is 114 Å². The molecule has 2 fully saturated rings. The van der Waals surface area contributed by atoms with E-state index in [9.17, 15) is 4.79 Å². The summed E-state index contributed by atoms with van der Waals surface area (Å²) in [7, 11) is 1.94. The Balaban J connectivity index is 1.70. The fourth-order valence-corrected chi connectivity index (χ4v) is 2.93. The van der Waals surface area contributed by atoms with Gasteiger partial charge in [0.25, 0.3) is 5.91 Å². The monoisotopic (exact) mass is 261 g/mol. The second kappa shape index (κ2) is 5.37. The van der Waals surface area contributed by atoms with Crippen LogP contribution in [0.2, 0.25) is 0 Å². The molecule has 0 spiro atoms. The van der Waals surface area contributed by atoms with E-state index in [0.717, 1.165) is 18.8 Å². The number of amides is 1. The fourth-order valence-electron chi connectivity index (χ4n) is 2.93. The van der Waals surface area contributed by atoms with Gasteiger partial charge in [-0.3, -0.25) is 4.79 Å². The van der Waals surface area contributed by atoms with Crippen molar-refractivity contribution in [2.24, 2.45) is 7.05 Å². The molecule has 1 atom stereocenters. The molecular formula is C15H23N3O. The van der Waals surface area contributed by atoms with E-state index in [1.54, 1.807) is 0 Å². The number of nitrogens with one attached hydrogen (secondary N) is 1. The first kappa shape index (κ1) is 12.7. The van der Waals surface area contributed by atoms with Crippen molar-refractivity contribution in [3.8, 4) is 0 Å². The lowest BCUT2D eigenvalue weighted by atomic mass is 10.0. The van der Waals surface area contributed by atoms with Crippen LogP contribution >= 0.6 is 0 Å². The standard InChI is InChI=1S/C15H23N3O/c1-17-10-4-6-14(17)15(19)18(13-7-8-13)11-12-5-2-3-9-16-12/h4,6,10,12-13,16H,2-3,5,7-9,11H2,1H3. The van der Waals surface area contributed by atoms with Gasteiger partial charge in [-0.2, -0.15) is 0 Å². The number of nitrogens with zero attached hydrogens (tertiary/aromatic N) is 2. The molecule has 1 saturated heterocycles. The van der Waals surface area contributed by atoms with E-state index >= 15 is 0 Å². The second-order valence-corrected chi connectivity index (χ2v) is 5.84. The Bertz CT molecular complexity index is 444. The SMILES string of the molecule is Cn1cccc1C(=O)N(CC1CCCCN1)C1CC1. The predicted molar refractivity (Wildman–Crippen MR) is 75.1 cm³/mol. The third-order valence-corrected chi connectivity index (χ3v) is 4.24. The third-order valence-electron chi connectivity index (χ3n) is 4.24. The van der Waals surface area contributed by atoms with Crippen LogP contribution < -0.4 is 5.32 Å². The van der Waals surface area contributed by atoms with Crippen LogP contribution in [-0.2, 0) is 7.05 Å². The zero-order valence-electron chi connectivity index (χ0n) is 11.6. The summed E-state index contributed by atoms with van der Waals surface area (Å²) in [6.45, 7) is 1.97. The molecule has 104 valence electrons. The molecule has 1 amide bonds. The van der Waals surface area contributed by atoms with Gasteiger partial charge >= 0.3 is 0 Å². The number of piperidine rings is 1. The van der Waals surface area contributed by atoms with Gasteiger partial charge in [-0.05, 0) is 44.4 Å². The molecule has 1 N–H and O–H groups in total. The van der Waals surface area contributed by atoms with Crippen molar-refractivity contribution in [2.75, 3.05) is 13.1 Å². The molecule has 4 heteroatoms. The Morgan fingerprint density at radius 1 is 1.42 bits per heavy atom. The number of aryl methyl sites for hydroxylation is 1. The van der Waals surface area contributed by atoms with Gasteiger partial charge in [-0.1, -0.05) is 6.42 Å². The number of hydrogen-bond donors (Lipinski definition) is 1. The van der Waals surface area contributed by atoms with Gasteiger partial charge in [-0.25, -0.2) is 0 Å². The van der Waals surface area contributed by atoms with E-state index in [0.29, 0.717) is 12.1 Å². The predicted octanol–water partition coefficient (Wildman–Crippen LogP) is 1.77. The summed E-state index contributed by atoms with van der Waals surface area (Å²) in [5.74, 6) is 0.197. The highest BCUT2D eigenvalue weighted by molar-refractivity contribution is 5.93. The van der Waals surface area contributed by atoms with E-state index in [1.165, 1.54) is 32.1 Å². The smallest absolute Gasteiger partial charge is 0.270 e. The summed E-state index contributed by atoms with van der Waals surface area (Å²) in [6.07, 6.45) is 8.03. The van der Waals surface area contributed by atoms with Crippen molar-refractivity contribution in [1.82, 2.24) is 14.8 Å². The maximum Gasteiger partial charge on any atom is 0.270 e. The molecule has 1 aliphatic heterocycles. The van der Waals surface area contributed by atoms with Gasteiger partial charge in [0, 0.05) is 31.9 Å². The van der Waals surface area contributed by atoms with Crippen molar-refractivity contribution in [3.63, 3.8) is 0 Å². The Morgan fingerprint density at radius 2 is 2.26 bits per heavy atom. The maximum atomic E-state index is 12.7. The molecule has 1 aliphatic carbocycles. The molecule has 0 radical (unpaired) electrons. The van der Waals surface area contributed by atoms with Crippen molar-refractivity contribution in [3.05, 3.63) is 24.0 Å². The van der Waals surface area contributed by atoms with Crippen LogP contribution in [-0.4, -0.2) is 40.5 Å². The van der Waals surface area contributed by atoms with E-state index in [2.05, 4.69) is 10.2 Å². The van der Waals surface area contributed by atoms with E-state index in [1.807, 2.05) is 29.9 Å². The summed E-state index contributed by atoms with van der Waals surface area (Å²) in [4.78, 5) is 14.8. The Kier molecular flexibility index (Phi) is 3.60. The van der Waals surface area contributed by atoms with Gasteiger partial charge in [0.05, 0.1) is 0 Å². The zero-order chi connectivity index (χ0) is 13.2. The molecule has 19 heavy (non-hydrogen) atoms. The zero-order valence-corrected chi connectivity index (χ0v) is 11.6. The highest BCUT2D eigenvalue weighted by Gasteiger charge is 2.35. The summed E-state index contributed by atoms with van der Waals surface area (Å²) in [5, 5.41) is 3.55. The second-order valence-electron chi connectivity index (χ2n) is 5.84. The highest BCUT2D eigenvalue weighted by Crippen LogP contribution is 2.29. The van der Waals surface area contributed by atoms with Gasteiger partial charge in [0.1, 0.15) is 5.69 Å². The average molecular weight is 261 g/mol. The van der Waals surface area contributed by atoms with Gasteiger partial charge in [0.15, 0.2) is 0 Å². The number of carbonyl (C=O) groups excluding carboxylic acids is 1. The van der Waals surface area contributed by atoms with E-state index < -0.39 is 0 Å². The van der Waals surface area contributed by atoms with E-state index in [-0.39, 0.29) is 5.91 Å². The van der Waals surface area contributed by atoms with Crippen LogP contribution in [0.1, 0.15) is 42.6 Å². The first-order valence-corrected chi connectivity index (χ1v) is 7.41. The van der Waals surface area contributed by atoms with Crippen LogP contribution in [0.5, 0.6) is 0 Å². The van der Waals surface area contributed by atoms with Crippen molar-refractivity contribution >= 4 is 5.91 Å². The first-order valence-electron chi connectivity index (χ1n) is 7.41. The van der Waals surface area contributed by atoms with Crippen LogP contribution in [0.4, 0.5) is 0 Å². The maximum absolute atomic E-state index is 12.7. The number of rotatable bonds is 4. The summed E-state index contributed by atoms with van der Waals surface area (Å²) in [6, 6.07) is 4.83. The quantitative estimate of drug-likeness (QED) is 0.897. The molecule has 1 unspecified atom stereocenters. The fraction of sp³-hybridized carbons (Fsp3) is 0.667. The Hall–Kier alpha value is -1.29. The first-order chi connectivity index (χ1) is 9.25. The highest BCUT2D eigenvalue weighted by atomic mass is 16.2. The normalized spacial score (nSPS) is 23.3. The van der Waals surface area contributed by atoms with Crippen LogP contribution in [0, 0.1) is 0 Å². The molecule has 0 bridgehead atoms. The van der Waals surface area contributed by atoms with Crippen LogP contribution in [0.3, 0.4) is 0 Å². The van der Waals surface area contributed by atoms with Crippen LogP contribution in [0.15, 0.2) is 18.3 Å². The lowest BCUT2D eigenvalue weighted by Gasteiger charge is -2.31. The Morgan fingerprint density at radius 3 is 2.84 bits per heavy atom. The minimum Gasteiger partial charge on any atom is -0.347 e. The van der Waals surface area contributed by atoms with Crippen molar-refractivity contribution in [2.45, 2.75) is 44.2 Å². The summed E-state index contributed by atoms with van der Waals surface area (Å²) < 4.78 is 1.92. The van der Waals surface area contributed by atoms with Crippen LogP contribution in [0.25, 0.3) is 0 Å². The van der Waals surface area contributed by atoms with Gasteiger partial charge in [-0.15, -0.1) is 0 Å². The number of carbonyl (C=O) groups is 1. The van der Waals surface area contributed by atoms with E-state index in [4.69, 9.17) is 0 Å². The van der Waals surface area contributed by atoms with Gasteiger partial charge < -0.3 is 14.8 Å². The molecule has 0 aromatic carbocycles. The summed E-state index contributed by atoms with van der Waals surface area (Å²) >= 11 is 0. The van der Waals surface area contributed by atoms with Crippen molar-refractivity contribution in [1.29, 1.82) is 0 Å². The molecule has 2 aliphatic rings. The minimum atomic E-state index is 0.197. The molecule has 3 rings (SSSR count). The average Bonchev–Trinajstić information content (AvgIpc) is 3.18. The molecule has 4 nitrogen and oxygen atoms in total. The summed E-state index contributed by atoms with van der Waals surface area (Å²) in [5.41, 5.74) is 0.808. The molecular weight excluding hydrogens is 238 g/mol. The lowest BCUT2D eigenvalue weighted by molar-refractivity contribution is 0.0708. The number of hydrogen-bond acceptors (Lipinski definition) is 2. The molecule has 2 heterocycles. The third kappa shape index (κ3) is 2.84. The lowest BCUT2D eigenvalue weighted by Crippen LogP contribution is -2.47. The van der Waals surface area contributed by atoms with Crippen molar-refractivity contribution < 1.29 is 4.79 Å². The van der Waals surface area contributed by atoms with Gasteiger partial charge in [0.2, 0.25) is 0 Å².